The van der Waals surface area contributed by atoms with Gasteiger partial charge in [-0.25, -0.2) is 0 Å². The summed E-state index contributed by atoms with van der Waals surface area (Å²) in [5, 5.41) is 0. The second kappa shape index (κ2) is 4.98. The minimum atomic E-state index is -1.02. The second-order valence-corrected chi connectivity index (χ2v) is 6.39. The number of hydrogen-bond acceptors (Lipinski definition) is 2. The highest BCUT2D eigenvalue weighted by Crippen LogP contribution is 2.34. The zero-order valence-corrected chi connectivity index (χ0v) is 9.87. The van der Waals surface area contributed by atoms with Crippen molar-refractivity contribution in [3.63, 3.8) is 0 Å². The van der Waals surface area contributed by atoms with Gasteiger partial charge >= 0.3 is 9.28 Å². The molecule has 1 radical (unpaired) electrons. The van der Waals surface area contributed by atoms with Gasteiger partial charge in [0, 0.05) is 12.7 Å². The molecule has 2 nitrogen and oxygen atoms in total. The van der Waals surface area contributed by atoms with E-state index in [0.29, 0.717) is 5.54 Å². The molecule has 79 valence electrons. The van der Waals surface area contributed by atoms with E-state index in [1.165, 1.54) is 38.5 Å². The van der Waals surface area contributed by atoms with E-state index in [1.807, 2.05) is 6.26 Å². The van der Waals surface area contributed by atoms with Gasteiger partial charge in [0.1, 0.15) is 0 Å². The summed E-state index contributed by atoms with van der Waals surface area (Å²) in [7, 11) is 0.773. The molecule has 3 heteroatoms. The van der Waals surface area contributed by atoms with Crippen LogP contribution in [0.5, 0.6) is 0 Å². The van der Waals surface area contributed by atoms with Crippen LogP contribution in [0, 0.1) is 5.92 Å². The molecule has 14 heavy (non-hydrogen) atoms. The molecule has 0 heterocycles. The van der Waals surface area contributed by atoms with Gasteiger partial charge in [-0.05, 0) is 37.7 Å². The maximum absolute atomic E-state index is 5.73. The fraction of sp³-hybridized carbons (Fsp3) is 0.818. The van der Waals surface area contributed by atoms with E-state index in [1.54, 1.807) is 7.11 Å². The van der Waals surface area contributed by atoms with Gasteiger partial charge in [-0.3, -0.25) is 0 Å². The van der Waals surface area contributed by atoms with Gasteiger partial charge in [0.2, 0.25) is 0 Å². The van der Waals surface area contributed by atoms with Crippen LogP contribution < -0.4 is 0 Å². The number of allylic oxidation sites excluding steroid dienone is 1. The van der Waals surface area contributed by atoms with Crippen LogP contribution in [-0.4, -0.2) is 16.4 Å². The number of hydrogen-bond donors (Lipinski definition) is 0. The largest absolute Gasteiger partial charge is 0.525 e. The van der Waals surface area contributed by atoms with Crippen LogP contribution >= 0.6 is 0 Å². The first-order valence-electron chi connectivity index (χ1n) is 5.64. The van der Waals surface area contributed by atoms with E-state index >= 15 is 0 Å². The van der Waals surface area contributed by atoms with Gasteiger partial charge in [0.15, 0.2) is 0 Å². The van der Waals surface area contributed by atoms with Crippen molar-refractivity contribution in [2.75, 3.05) is 7.11 Å². The summed E-state index contributed by atoms with van der Waals surface area (Å²) in [5.74, 6) is 0.804. The highest BCUT2D eigenvalue weighted by Gasteiger charge is 2.31. The Balaban J connectivity index is 1.73. The van der Waals surface area contributed by atoms with E-state index in [9.17, 15) is 0 Å². The SMILES string of the molecule is CO[Si](OC=CC1CC1)C1CCCC1. The fourth-order valence-corrected chi connectivity index (χ4v) is 3.69. The van der Waals surface area contributed by atoms with Gasteiger partial charge in [-0.1, -0.05) is 12.8 Å². The van der Waals surface area contributed by atoms with Crippen molar-refractivity contribution in [3.8, 4) is 0 Å². The minimum Gasteiger partial charge on any atom is -0.525 e. The van der Waals surface area contributed by atoms with Crippen LogP contribution in [0.3, 0.4) is 0 Å². The maximum Gasteiger partial charge on any atom is 0.460 e. The topological polar surface area (TPSA) is 18.5 Å². The Kier molecular flexibility index (Phi) is 3.65. The molecular formula is C11H19O2Si. The van der Waals surface area contributed by atoms with Gasteiger partial charge in [-0.15, -0.1) is 0 Å². The van der Waals surface area contributed by atoms with Crippen molar-refractivity contribution < 1.29 is 8.85 Å². The lowest BCUT2D eigenvalue weighted by Crippen LogP contribution is -2.24. The summed E-state index contributed by atoms with van der Waals surface area (Å²) in [6.45, 7) is 0. The lowest BCUT2D eigenvalue weighted by Gasteiger charge is -2.16. The van der Waals surface area contributed by atoms with Crippen LogP contribution in [0.4, 0.5) is 0 Å². The van der Waals surface area contributed by atoms with Gasteiger partial charge in [-0.2, -0.15) is 0 Å². The molecule has 0 atom stereocenters. The first-order valence-corrected chi connectivity index (χ1v) is 7.03. The predicted molar refractivity (Wildman–Crippen MR) is 57.9 cm³/mol. The molecule has 0 aromatic heterocycles. The predicted octanol–water partition coefficient (Wildman–Crippen LogP) is 3.01. The third-order valence-electron chi connectivity index (χ3n) is 3.05. The Bertz CT molecular complexity index is 195. The standard InChI is InChI=1S/C11H19O2Si/c1-12-14(11-4-2-3-5-11)13-9-8-10-6-7-10/h8-11H,2-7H2,1H3. The average Bonchev–Trinajstić information content (AvgIpc) is 2.86. The van der Waals surface area contributed by atoms with E-state index < -0.39 is 9.28 Å². The van der Waals surface area contributed by atoms with E-state index in [4.69, 9.17) is 8.85 Å². The van der Waals surface area contributed by atoms with E-state index in [-0.39, 0.29) is 0 Å². The third kappa shape index (κ3) is 2.85. The molecule has 0 bridgehead atoms. The first-order chi connectivity index (χ1) is 6.90. The van der Waals surface area contributed by atoms with Crippen LogP contribution in [0.25, 0.3) is 0 Å². The Morgan fingerprint density at radius 3 is 2.43 bits per heavy atom. The molecule has 0 aromatic rings. The van der Waals surface area contributed by atoms with Gasteiger partial charge in [0.25, 0.3) is 0 Å². The van der Waals surface area contributed by atoms with E-state index in [0.717, 1.165) is 5.92 Å². The first kappa shape index (κ1) is 10.2. The summed E-state index contributed by atoms with van der Waals surface area (Å²) < 4.78 is 11.2. The molecule has 0 N–H and O–H groups in total. The molecule has 0 unspecified atom stereocenters. The van der Waals surface area contributed by atoms with Crippen LogP contribution in [-0.2, 0) is 8.85 Å². The Labute approximate surface area is 88.1 Å². The molecule has 2 fully saturated rings. The Morgan fingerprint density at radius 2 is 1.86 bits per heavy atom. The molecular weight excluding hydrogens is 192 g/mol. The molecule has 0 amide bonds. The molecule has 0 aliphatic heterocycles. The molecule has 2 saturated carbocycles. The third-order valence-corrected chi connectivity index (χ3v) is 5.06. The summed E-state index contributed by atoms with van der Waals surface area (Å²) in [4.78, 5) is 0. The minimum absolute atomic E-state index is 0.717. The van der Waals surface area contributed by atoms with Crippen LogP contribution in [0.2, 0.25) is 5.54 Å². The van der Waals surface area contributed by atoms with E-state index in [2.05, 4.69) is 6.08 Å². The lowest BCUT2D eigenvalue weighted by atomic mass is 10.4. The molecule has 2 aliphatic carbocycles. The van der Waals surface area contributed by atoms with Crippen molar-refractivity contribution in [2.45, 2.75) is 44.1 Å². The van der Waals surface area contributed by atoms with Crippen molar-refractivity contribution >= 4 is 9.28 Å². The molecule has 0 spiro atoms. The van der Waals surface area contributed by atoms with Crippen molar-refractivity contribution in [1.82, 2.24) is 0 Å². The summed E-state index contributed by atoms with van der Waals surface area (Å²) in [6.07, 6.45) is 12.1. The van der Waals surface area contributed by atoms with Crippen LogP contribution in [0.1, 0.15) is 38.5 Å². The maximum atomic E-state index is 5.73. The van der Waals surface area contributed by atoms with Gasteiger partial charge in [0.05, 0.1) is 6.26 Å². The summed E-state index contributed by atoms with van der Waals surface area (Å²) in [5.41, 5.74) is 0.717. The van der Waals surface area contributed by atoms with Crippen molar-refractivity contribution in [1.29, 1.82) is 0 Å². The smallest absolute Gasteiger partial charge is 0.460 e. The average molecular weight is 211 g/mol. The lowest BCUT2D eigenvalue weighted by molar-refractivity contribution is 0.291. The monoisotopic (exact) mass is 211 g/mol. The quantitative estimate of drug-likeness (QED) is 0.514. The fourth-order valence-electron chi connectivity index (χ4n) is 1.98. The molecule has 2 aliphatic rings. The highest BCUT2D eigenvalue weighted by molar-refractivity contribution is 6.46. The zero-order chi connectivity index (χ0) is 9.80. The van der Waals surface area contributed by atoms with Crippen molar-refractivity contribution in [3.05, 3.63) is 12.3 Å². The Morgan fingerprint density at radius 1 is 1.14 bits per heavy atom. The second-order valence-electron chi connectivity index (χ2n) is 4.29. The number of rotatable bonds is 5. The highest BCUT2D eigenvalue weighted by atomic mass is 28.3. The van der Waals surface area contributed by atoms with Crippen molar-refractivity contribution in [2.24, 2.45) is 5.92 Å². The zero-order valence-electron chi connectivity index (χ0n) is 8.87. The van der Waals surface area contributed by atoms with Crippen LogP contribution in [0.15, 0.2) is 12.3 Å². The molecule has 0 aromatic carbocycles. The summed E-state index contributed by atoms with van der Waals surface area (Å²) >= 11 is 0. The normalized spacial score (nSPS) is 23.9. The van der Waals surface area contributed by atoms with Gasteiger partial charge < -0.3 is 8.85 Å². The molecule has 0 saturated heterocycles. The molecule has 2 rings (SSSR count). The Hall–Kier alpha value is -0.283. The summed E-state index contributed by atoms with van der Waals surface area (Å²) in [6, 6.07) is 0.